The molecule has 1 aromatic heterocycles. The highest BCUT2D eigenvalue weighted by Gasteiger charge is 2.52. The monoisotopic (exact) mass is 406 g/mol. The van der Waals surface area contributed by atoms with Gasteiger partial charge in [0.25, 0.3) is 0 Å². The molecule has 3 rings (SSSR count). The second-order valence-electron chi connectivity index (χ2n) is 6.16. The van der Waals surface area contributed by atoms with Crippen LogP contribution in [0.25, 0.3) is 11.5 Å². The van der Waals surface area contributed by atoms with E-state index in [1.165, 1.54) is 11.2 Å². The average Bonchev–Trinajstić information content (AvgIpc) is 3.22. The van der Waals surface area contributed by atoms with Crippen LogP contribution in [0.3, 0.4) is 0 Å². The molecule has 1 aliphatic rings. The van der Waals surface area contributed by atoms with Crippen LogP contribution in [0, 0.1) is 11.8 Å². The molecule has 1 aliphatic heterocycles. The second kappa shape index (κ2) is 8.18. The number of nitrogens with zero attached hydrogens (tertiary/aromatic N) is 2. The van der Waals surface area contributed by atoms with Gasteiger partial charge in [0.2, 0.25) is 5.89 Å². The molecule has 0 amide bonds. The van der Waals surface area contributed by atoms with E-state index >= 15 is 0 Å². The maximum absolute atomic E-state index is 13.0. The lowest BCUT2D eigenvalue weighted by Crippen LogP contribution is -2.33. The van der Waals surface area contributed by atoms with Gasteiger partial charge in [-0.1, -0.05) is 0 Å². The maximum atomic E-state index is 13.0. The van der Waals surface area contributed by atoms with Crippen LogP contribution < -0.4 is 4.74 Å². The number of hydrogen-bond acceptors (Lipinski definition) is 5. The van der Waals surface area contributed by atoms with Gasteiger partial charge >= 0.3 is 12.1 Å². The second-order valence-corrected chi connectivity index (χ2v) is 6.16. The van der Waals surface area contributed by atoms with Gasteiger partial charge in [-0.15, -0.1) is 12.4 Å². The van der Waals surface area contributed by atoms with Crippen molar-refractivity contribution in [2.24, 2.45) is 11.8 Å². The molecule has 6 nitrogen and oxygen atoms in total. The first kappa shape index (κ1) is 21.0. The van der Waals surface area contributed by atoms with Gasteiger partial charge in [-0.05, 0) is 24.3 Å². The molecular weight excluding hydrogens is 389 g/mol. The summed E-state index contributed by atoms with van der Waals surface area (Å²) in [5.41, 5.74) is 1.15. The molecule has 2 aromatic rings. The number of carboxylic acid groups (broad SMARTS) is 1. The quantitative estimate of drug-likeness (QED) is 0.819. The maximum Gasteiger partial charge on any atom is 0.393 e. The highest BCUT2D eigenvalue weighted by atomic mass is 35.5. The number of aliphatic carboxylic acids is 1. The zero-order valence-corrected chi connectivity index (χ0v) is 15.1. The number of methoxy groups -OCH3 is 1. The number of carboxylic acids is 1. The highest BCUT2D eigenvalue weighted by molar-refractivity contribution is 5.85. The van der Waals surface area contributed by atoms with Gasteiger partial charge in [0.15, 0.2) is 0 Å². The van der Waals surface area contributed by atoms with Gasteiger partial charge in [-0.25, -0.2) is 4.98 Å². The van der Waals surface area contributed by atoms with Crippen molar-refractivity contribution >= 4 is 18.4 Å². The van der Waals surface area contributed by atoms with Gasteiger partial charge in [0.05, 0.1) is 24.6 Å². The van der Waals surface area contributed by atoms with Crippen LogP contribution in [0.5, 0.6) is 5.75 Å². The Hall–Kier alpha value is -2.26. The van der Waals surface area contributed by atoms with Gasteiger partial charge in [-0.3, -0.25) is 9.69 Å². The van der Waals surface area contributed by atoms with E-state index in [1.807, 2.05) is 0 Å². The Morgan fingerprint density at radius 1 is 1.33 bits per heavy atom. The summed E-state index contributed by atoms with van der Waals surface area (Å²) in [6.07, 6.45) is -3.17. The summed E-state index contributed by atoms with van der Waals surface area (Å²) in [6, 6.07) is 6.99. The number of ether oxygens (including phenoxy) is 1. The standard InChI is InChI=1S/C17H17F3N2O4.ClH/c1-25-12-4-2-10(3-5-12)15-21-11(9-26-15)6-22-7-13(16(23)24)14(8-22)17(18,19)20;/h2-5,9,13-14H,6-8H2,1H3,(H,23,24);1H/t13-,14-;/m1./s1. The van der Waals surface area contributed by atoms with E-state index in [0.29, 0.717) is 22.9 Å². The molecule has 0 aliphatic carbocycles. The van der Waals surface area contributed by atoms with E-state index in [4.69, 9.17) is 14.3 Å². The third-order valence-electron chi connectivity index (χ3n) is 4.41. The lowest BCUT2D eigenvalue weighted by molar-refractivity contribution is -0.188. The summed E-state index contributed by atoms with van der Waals surface area (Å²) in [4.78, 5) is 16.8. The van der Waals surface area contributed by atoms with Crippen molar-refractivity contribution < 1.29 is 32.2 Å². The summed E-state index contributed by atoms with van der Waals surface area (Å²) in [5.74, 6) is -3.77. The van der Waals surface area contributed by atoms with Crippen LogP contribution in [0.2, 0.25) is 0 Å². The Labute approximate surface area is 159 Å². The molecule has 27 heavy (non-hydrogen) atoms. The van der Waals surface area contributed by atoms with Gasteiger partial charge < -0.3 is 14.3 Å². The SMILES string of the molecule is COc1ccc(-c2nc(CN3C[C@@H](C(F)(F)F)[C@H](C(=O)O)C3)co2)cc1.Cl. The largest absolute Gasteiger partial charge is 0.497 e. The molecule has 148 valence electrons. The molecule has 0 saturated carbocycles. The van der Waals surface area contributed by atoms with Gasteiger partial charge in [0, 0.05) is 25.2 Å². The van der Waals surface area contributed by atoms with E-state index in [1.54, 1.807) is 31.4 Å². The molecule has 1 N–H and O–H groups in total. The third-order valence-corrected chi connectivity index (χ3v) is 4.41. The van der Waals surface area contributed by atoms with Crippen LogP contribution in [-0.4, -0.2) is 47.3 Å². The molecular formula is C17H18ClF3N2O4. The van der Waals surface area contributed by atoms with Crippen LogP contribution >= 0.6 is 12.4 Å². The van der Waals surface area contributed by atoms with Gasteiger partial charge in [-0.2, -0.15) is 13.2 Å². The highest BCUT2D eigenvalue weighted by Crippen LogP contribution is 2.38. The zero-order chi connectivity index (χ0) is 18.9. The van der Waals surface area contributed by atoms with Crippen molar-refractivity contribution in [2.45, 2.75) is 12.7 Å². The van der Waals surface area contributed by atoms with Crippen molar-refractivity contribution in [3.8, 4) is 17.2 Å². The van der Waals surface area contributed by atoms with E-state index in [-0.39, 0.29) is 32.0 Å². The van der Waals surface area contributed by atoms with Crippen molar-refractivity contribution in [3.63, 3.8) is 0 Å². The van der Waals surface area contributed by atoms with Crippen LogP contribution in [0.1, 0.15) is 5.69 Å². The minimum absolute atomic E-state index is 0. The lowest BCUT2D eigenvalue weighted by Gasteiger charge is -2.18. The number of hydrogen-bond donors (Lipinski definition) is 1. The van der Waals surface area contributed by atoms with E-state index in [0.717, 1.165) is 0 Å². The lowest BCUT2D eigenvalue weighted by atomic mass is 9.96. The summed E-state index contributed by atoms with van der Waals surface area (Å²) in [5, 5.41) is 9.06. The first-order chi connectivity index (χ1) is 12.3. The Balaban J connectivity index is 0.00000261. The molecule has 0 bridgehead atoms. The topological polar surface area (TPSA) is 75.8 Å². The fraction of sp³-hybridized carbons (Fsp3) is 0.412. The van der Waals surface area contributed by atoms with Crippen molar-refractivity contribution in [3.05, 3.63) is 36.2 Å². The Morgan fingerprint density at radius 3 is 2.52 bits per heavy atom. The van der Waals surface area contributed by atoms with Crippen LogP contribution in [-0.2, 0) is 11.3 Å². The normalized spacial score (nSPS) is 20.3. The van der Waals surface area contributed by atoms with Crippen LogP contribution in [0.15, 0.2) is 34.9 Å². The first-order valence-electron chi connectivity index (χ1n) is 7.88. The minimum atomic E-state index is -4.55. The smallest absolute Gasteiger partial charge is 0.393 e. The number of rotatable bonds is 5. The van der Waals surface area contributed by atoms with Crippen molar-refractivity contribution in [1.29, 1.82) is 0 Å². The van der Waals surface area contributed by atoms with Crippen molar-refractivity contribution in [1.82, 2.24) is 9.88 Å². The minimum Gasteiger partial charge on any atom is -0.497 e. The molecule has 0 radical (unpaired) electrons. The predicted molar refractivity (Wildman–Crippen MR) is 91.7 cm³/mol. The Bertz CT molecular complexity index is 779. The number of oxazole rings is 1. The van der Waals surface area contributed by atoms with Gasteiger partial charge in [0.1, 0.15) is 12.0 Å². The molecule has 1 saturated heterocycles. The fourth-order valence-electron chi connectivity index (χ4n) is 3.07. The fourth-order valence-corrected chi connectivity index (χ4v) is 3.07. The number of alkyl halides is 3. The number of halogens is 4. The Morgan fingerprint density at radius 2 is 2.00 bits per heavy atom. The van der Waals surface area contributed by atoms with E-state index in [2.05, 4.69) is 4.98 Å². The average molecular weight is 407 g/mol. The van der Waals surface area contributed by atoms with Crippen molar-refractivity contribution in [2.75, 3.05) is 20.2 Å². The van der Waals surface area contributed by atoms with Crippen LogP contribution in [0.4, 0.5) is 13.2 Å². The molecule has 2 heterocycles. The molecule has 1 fully saturated rings. The van der Waals surface area contributed by atoms with E-state index < -0.39 is 24.0 Å². The predicted octanol–water partition coefficient (Wildman–Crippen LogP) is 3.47. The van der Waals surface area contributed by atoms with E-state index in [9.17, 15) is 18.0 Å². The zero-order valence-electron chi connectivity index (χ0n) is 14.3. The summed E-state index contributed by atoms with van der Waals surface area (Å²) in [6.45, 7) is -0.453. The summed E-state index contributed by atoms with van der Waals surface area (Å²) < 4.78 is 49.6. The molecule has 2 atom stereocenters. The summed E-state index contributed by atoms with van der Waals surface area (Å²) >= 11 is 0. The number of likely N-dealkylation sites (tertiary alicyclic amines) is 1. The molecule has 0 unspecified atom stereocenters. The first-order valence-corrected chi connectivity index (χ1v) is 7.88. The third kappa shape index (κ3) is 4.72. The summed E-state index contributed by atoms with van der Waals surface area (Å²) in [7, 11) is 1.55. The number of benzene rings is 1. The number of carbonyl (C=O) groups is 1. The Kier molecular flexibility index (Phi) is 6.38. The number of aromatic nitrogens is 1. The molecule has 1 aromatic carbocycles. The molecule has 10 heteroatoms. The molecule has 0 spiro atoms.